The van der Waals surface area contributed by atoms with Crippen LogP contribution < -0.4 is 0 Å². The van der Waals surface area contributed by atoms with Gasteiger partial charge in [-0.15, -0.1) is 41.5 Å². The molecule has 0 spiro atoms. The molecule has 0 fully saturated rings. The number of thiophene rings is 3. The fourth-order valence-corrected chi connectivity index (χ4v) is 29.6. The van der Waals surface area contributed by atoms with Gasteiger partial charge in [-0.25, -0.2) is 0 Å². The Morgan fingerprint density at radius 3 is 1.08 bits per heavy atom. The van der Waals surface area contributed by atoms with Crippen molar-refractivity contribution in [2.45, 2.75) is 0 Å². The van der Waals surface area contributed by atoms with Crippen molar-refractivity contribution >= 4 is 225 Å². The second-order valence-electron chi connectivity index (χ2n) is 28.8. The molecule has 10 heteroatoms. The number of fused-ring (bicyclic) bond motifs is 18. The van der Waals surface area contributed by atoms with Gasteiger partial charge in [-0.05, 0) is 188 Å². The van der Waals surface area contributed by atoms with Gasteiger partial charge in [0.2, 0.25) is 0 Å². The number of aromatic nitrogens is 2. The molecule has 5 aromatic heterocycles. The number of halogens is 2. The van der Waals surface area contributed by atoms with Gasteiger partial charge in [-0.1, -0.05) is 354 Å². The van der Waals surface area contributed by atoms with Crippen molar-refractivity contribution in [2.75, 3.05) is 4.17 Å². The van der Waals surface area contributed by atoms with E-state index in [2.05, 4.69) is 454 Å². The van der Waals surface area contributed by atoms with E-state index in [1.165, 1.54) is 204 Å². The summed E-state index contributed by atoms with van der Waals surface area (Å²) < 4.78 is 27.9. The summed E-state index contributed by atoms with van der Waals surface area (Å²) in [7, 11) is -0.839. The molecule has 115 heavy (non-hydrogen) atoms. The van der Waals surface area contributed by atoms with Crippen LogP contribution in [0.15, 0.2) is 400 Å². The summed E-state index contributed by atoms with van der Waals surface area (Å²) in [6, 6.07) is 146. The summed E-state index contributed by atoms with van der Waals surface area (Å²) in [4.78, 5) is 0. The summed E-state index contributed by atoms with van der Waals surface area (Å²) in [5.41, 5.74) is 22.5. The molecule has 0 N–H and O–H groups in total. The standard InChI is InChI=1S/2C36H23NS.C32H20S.CH5BI2P2/c1-2-12-27(13-3-1)37-33-18-6-4-14-29(33)32-23-25(20-21-34(32)37)24-10-8-11-26(22-24)28-16-9-17-31-30-15-5-7-19-35(30)38-36(28)31;1-2-9-27(10-3-1)37-33-15-6-4-11-29(33)32-23-26(21-22-34(32)37)24-17-19-25(20-18-24)28-13-8-14-31-30-12-5-7-16-35(30)38-36(28)31;1-2-9-24-23(8-1)20-30(27-11-4-3-10-26(24)27)22-18-16-21(17-19-22)25-13-7-14-29-28-12-5-6-15-31(28)33-32(25)29;2-6(1-3)5-4/h2*1-23H;1-20H;5H,1-2H2/i;;;2TD. The smallest absolute Gasteiger partial charge is 0.141 e. The molecule has 546 valence electrons. The minimum absolute atomic E-state index is 0.281. The van der Waals surface area contributed by atoms with Crippen LogP contribution in [0.2, 0.25) is 0 Å². The number of nitrogens with zero attached hydrogens (tertiary/aromatic N) is 2. The van der Waals surface area contributed by atoms with Gasteiger partial charge in [0, 0.05) is 97.6 Å². The minimum atomic E-state index is -0.558. The van der Waals surface area contributed by atoms with E-state index in [-0.39, 0.29) is 7.49 Å². The molecule has 5 heterocycles. The molecule has 0 aliphatic rings. The van der Waals surface area contributed by atoms with Gasteiger partial charge in [0.05, 0.1) is 22.1 Å². The van der Waals surface area contributed by atoms with Crippen LogP contribution >= 0.6 is 92.0 Å². The Balaban J connectivity index is 0.000000108. The van der Waals surface area contributed by atoms with Crippen LogP contribution in [0.1, 0.15) is 0 Å². The predicted molar refractivity (Wildman–Crippen MR) is 531 cm³/mol. The number of para-hydroxylation sites is 4. The van der Waals surface area contributed by atoms with Crippen molar-refractivity contribution in [1.29, 1.82) is 2.67 Å². The third kappa shape index (κ3) is 13.8. The van der Waals surface area contributed by atoms with Crippen LogP contribution in [-0.2, 0) is 0 Å². The molecule has 23 rings (SSSR count). The predicted octanol–water partition coefficient (Wildman–Crippen LogP) is 33.0. The van der Waals surface area contributed by atoms with Gasteiger partial charge in [0.1, 0.15) is 7.49 Å². The van der Waals surface area contributed by atoms with Crippen molar-refractivity contribution < 1.29 is 0 Å². The number of hydrogen-bond acceptors (Lipinski definition) is 3. The maximum atomic E-state index is 7.03. The first-order chi connectivity index (χ1) is 57.8. The van der Waals surface area contributed by atoms with E-state index in [0.29, 0.717) is 0 Å². The number of hydrogen-bond donors (Lipinski definition) is 0. The lowest BCUT2D eigenvalue weighted by Crippen LogP contribution is -1.92. The Labute approximate surface area is 712 Å². The molecular formula is C105H71BI2N2P2S3. The minimum Gasteiger partial charge on any atom is -0.309 e. The molecule has 0 aliphatic heterocycles. The van der Waals surface area contributed by atoms with E-state index >= 15 is 0 Å². The van der Waals surface area contributed by atoms with Crippen LogP contribution in [0.5, 0.6) is 0 Å². The van der Waals surface area contributed by atoms with Gasteiger partial charge < -0.3 is 9.13 Å². The molecule has 2 nitrogen and oxygen atoms in total. The topological polar surface area (TPSA) is 9.86 Å². The van der Waals surface area contributed by atoms with Crippen LogP contribution in [0.4, 0.5) is 0 Å². The molecule has 2 unspecified atom stereocenters. The lowest BCUT2D eigenvalue weighted by Gasteiger charge is -2.12. The highest BCUT2D eigenvalue weighted by Gasteiger charge is 2.19. The van der Waals surface area contributed by atoms with Crippen molar-refractivity contribution in [3.8, 4) is 78.1 Å². The van der Waals surface area contributed by atoms with Gasteiger partial charge in [0.15, 0.2) is 0 Å². The Morgan fingerprint density at radius 2 is 0.617 bits per heavy atom. The Bertz CT molecular complexity index is 7670. The van der Waals surface area contributed by atoms with Crippen molar-refractivity contribution in [3.63, 3.8) is 0 Å². The van der Waals surface area contributed by atoms with E-state index in [0.717, 1.165) is 10.1 Å². The molecule has 0 saturated heterocycles. The first kappa shape index (κ1) is 70.7. The van der Waals surface area contributed by atoms with Gasteiger partial charge in [0.25, 0.3) is 0 Å². The Kier molecular flexibility index (Phi) is 19.7. The summed E-state index contributed by atoms with van der Waals surface area (Å²) in [6.45, 7) is 0. The maximum Gasteiger partial charge on any atom is 0.141 e. The fourth-order valence-electron chi connectivity index (χ4n) is 16.8. The number of alkyl halides is 1. The Hall–Kier alpha value is -10.9. The summed E-state index contributed by atoms with van der Waals surface area (Å²) in [5, 5.41) is 18.4. The zero-order chi connectivity index (χ0) is 78.5. The van der Waals surface area contributed by atoms with Crippen molar-refractivity contribution in [1.82, 2.24) is 9.13 Å². The first-order valence-electron chi connectivity index (χ1n) is 39.6. The zero-order valence-corrected chi connectivity index (χ0v) is 70.9. The Morgan fingerprint density at radius 1 is 0.278 bits per heavy atom. The summed E-state index contributed by atoms with van der Waals surface area (Å²) in [5.74, 6) is 0.782. The lowest BCUT2D eigenvalue weighted by molar-refractivity contribution is 1.18. The van der Waals surface area contributed by atoms with Crippen LogP contribution in [0.25, 0.3) is 204 Å². The third-order valence-electron chi connectivity index (χ3n) is 22.1. The molecule has 0 aliphatic carbocycles. The molecule has 0 saturated carbocycles. The van der Waals surface area contributed by atoms with E-state index in [9.17, 15) is 0 Å². The third-order valence-corrected chi connectivity index (χ3v) is 37.1. The molecule has 0 radical (unpaired) electrons. The highest BCUT2D eigenvalue weighted by molar-refractivity contribution is 14.2. The second-order valence-corrected chi connectivity index (χ2v) is 41.9. The average Bonchev–Trinajstić information content (AvgIpc) is 1.53. The zero-order valence-electron chi connectivity index (χ0n) is 64.2. The van der Waals surface area contributed by atoms with E-state index in [4.69, 9.17) is 2.67 Å². The van der Waals surface area contributed by atoms with E-state index in [1.807, 2.05) is 34.0 Å². The summed E-state index contributed by atoms with van der Waals surface area (Å²) >= 11 is 10.2. The molecule has 0 amide bonds. The second kappa shape index (κ2) is 32.1. The highest BCUT2D eigenvalue weighted by atomic mass is 127. The van der Waals surface area contributed by atoms with Crippen LogP contribution in [-0.4, -0.2) is 23.5 Å². The molecule has 23 aromatic rings. The number of benzene rings is 18. The monoisotopic (exact) mass is 1790 g/mol. The number of rotatable bonds is 11. The van der Waals surface area contributed by atoms with Crippen molar-refractivity contribution in [3.05, 3.63) is 400 Å². The van der Waals surface area contributed by atoms with Gasteiger partial charge in [-0.2, -0.15) is 0 Å². The molecular weight excluding hydrogens is 1710 g/mol. The normalized spacial score (nSPS) is 12.1. The largest absolute Gasteiger partial charge is 0.309 e. The molecule has 0 bridgehead atoms. The fraction of sp³-hybridized carbons (Fsp3) is 0.00952. The average molecular weight is 1790 g/mol. The van der Waals surface area contributed by atoms with Crippen LogP contribution in [0, 0.1) is 0 Å². The van der Waals surface area contributed by atoms with Gasteiger partial charge >= 0.3 is 0 Å². The van der Waals surface area contributed by atoms with Crippen molar-refractivity contribution in [2.24, 2.45) is 0 Å². The first-order valence-corrected chi connectivity index (χ1v) is 49.0. The van der Waals surface area contributed by atoms with Gasteiger partial charge in [-0.3, -0.25) is 0 Å². The van der Waals surface area contributed by atoms with E-state index < -0.39 is 7.49 Å². The molecule has 18 aromatic carbocycles. The lowest BCUT2D eigenvalue weighted by atomic mass is 9.92. The molecule has 2 atom stereocenters. The summed E-state index contributed by atoms with van der Waals surface area (Å²) in [6.07, 6.45) is 0. The maximum absolute atomic E-state index is 7.03. The quantitative estimate of drug-likeness (QED) is 0.0402. The van der Waals surface area contributed by atoms with E-state index in [1.54, 1.807) is 0 Å². The highest BCUT2D eigenvalue weighted by Crippen LogP contribution is 2.57. The SMILES string of the molecule is [2H]B([3H])P(CI)PI.c1ccc(-n2c3ccccc3c3cc(-c4ccc(-c5cccc6c5sc5ccccc56)cc4)ccc32)cc1.c1ccc(-n2c3ccccc3c3cc(-c4cccc(-c5cccc6c5sc5ccccc56)c4)ccc32)cc1.c1ccc2c(c1)cc(-c1ccc(-c3cccc4c3sc3ccccc34)cc1)c1ccccc12. The van der Waals surface area contributed by atoms with Crippen LogP contribution in [0.3, 0.4) is 0 Å².